The average molecular weight is 363 g/mol. The molecular weight excluding hydrogens is 328 g/mol. The Kier molecular flexibility index (Phi) is 7.54. The van der Waals surface area contributed by atoms with Gasteiger partial charge in [0, 0.05) is 40.2 Å². The molecule has 0 aliphatic carbocycles. The zero-order valence-electron chi connectivity index (χ0n) is 16.8. The number of amides is 1. The first-order chi connectivity index (χ1) is 12.4. The van der Waals surface area contributed by atoms with Crippen molar-refractivity contribution in [3.05, 3.63) is 24.2 Å². The fourth-order valence-electron chi connectivity index (χ4n) is 3.61. The van der Waals surface area contributed by atoms with Gasteiger partial charge in [-0.1, -0.05) is 20.3 Å². The number of piperidine rings is 1. The van der Waals surface area contributed by atoms with Gasteiger partial charge in [0.15, 0.2) is 5.96 Å². The van der Waals surface area contributed by atoms with Gasteiger partial charge in [0.05, 0.1) is 6.26 Å². The Hall–Kier alpha value is -1.98. The smallest absolute Gasteiger partial charge is 0.243 e. The lowest BCUT2D eigenvalue weighted by atomic mass is 9.78. The molecule has 0 aromatic carbocycles. The molecule has 1 unspecified atom stereocenters. The molecule has 1 N–H and O–H groups in total. The first-order valence-corrected chi connectivity index (χ1v) is 9.69. The highest BCUT2D eigenvalue weighted by Gasteiger charge is 2.31. The van der Waals surface area contributed by atoms with Gasteiger partial charge >= 0.3 is 0 Å². The quantitative estimate of drug-likeness (QED) is 0.598. The largest absolute Gasteiger partial charge is 0.469 e. The summed E-state index contributed by atoms with van der Waals surface area (Å²) in [6.07, 6.45) is 7.33. The van der Waals surface area contributed by atoms with Crippen LogP contribution in [0.2, 0.25) is 0 Å². The van der Waals surface area contributed by atoms with E-state index >= 15 is 0 Å². The van der Waals surface area contributed by atoms with Gasteiger partial charge in [0.1, 0.15) is 12.3 Å². The number of rotatable bonds is 7. The summed E-state index contributed by atoms with van der Waals surface area (Å²) in [6.45, 7) is 7.51. The standard InChI is InChI=1S/C20H34N4O2/c1-5-10-20(2)11-7-13-24(16-20)19(22-15-18(25)23(3)4)21-12-9-17-8-6-14-26-17/h6,8,14H,5,7,9-13,15-16H2,1-4H3,(H,21,22). The molecule has 2 rings (SSSR count). The zero-order valence-corrected chi connectivity index (χ0v) is 16.8. The summed E-state index contributed by atoms with van der Waals surface area (Å²) in [5.74, 6) is 1.81. The Bertz CT molecular complexity index is 579. The molecule has 6 nitrogen and oxygen atoms in total. The van der Waals surface area contributed by atoms with Crippen LogP contribution in [-0.4, -0.2) is 61.9 Å². The summed E-state index contributed by atoms with van der Waals surface area (Å²) >= 11 is 0. The molecule has 146 valence electrons. The number of nitrogens with zero attached hydrogens (tertiary/aromatic N) is 3. The molecule has 1 aromatic heterocycles. The normalized spacial score (nSPS) is 20.9. The lowest BCUT2D eigenvalue weighted by Gasteiger charge is -2.42. The van der Waals surface area contributed by atoms with Crippen LogP contribution in [0.15, 0.2) is 27.8 Å². The molecule has 0 saturated carbocycles. The Morgan fingerprint density at radius 2 is 2.27 bits per heavy atom. The minimum absolute atomic E-state index is 0.0173. The highest BCUT2D eigenvalue weighted by atomic mass is 16.3. The van der Waals surface area contributed by atoms with E-state index in [-0.39, 0.29) is 12.5 Å². The fourth-order valence-corrected chi connectivity index (χ4v) is 3.61. The number of guanidine groups is 1. The van der Waals surface area contributed by atoms with Gasteiger partial charge < -0.3 is 19.5 Å². The van der Waals surface area contributed by atoms with E-state index in [0.29, 0.717) is 5.41 Å². The zero-order chi connectivity index (χ0) is 19.0. The Morgan fingerprint density at radius 1 is 1.46 bits per heavy atom. The topological polar surface area (TPSA) is 61.1 Å². The third-order valence-corrected chi connectivity index (χ3v) is 5.03. The summed E-state index contributed by atoms with van der Waals surface area (Å²) < 4.78 is 5.40. The first-order valence-electron chi connectivity index (χ1n) is 9.69. The minimum atomic E-state index is 0.0173. The van der Waals surface area contributed by atoms with Crippen molar-refractivity contribution in [3.8, 4) is 0 Å². The second-order valence-corrected chi connectivity index (χ2v) is 7.77. The van der Waals surface area contributed by atoms with Crippen LogP contribution in [0.1, 0.15) is 45.3 Å². The number of hydrogen-bond donors (Lipinski definition) is 1. The molecule has 6 heteroatoms. The van der Waals surface area contributed by atoms with Crippen LogP contribution in [0.4, 0.5) is 0 Å². The number of nitrogens with one attached hydrogen (secondary N) is 1. The van der Waals surface area contributed by atoms with Crippen LogP contribution >= 0.6 is 0 Å². The third-order valence-electron chi connectivity index (χ3n) is 5.03. The number of carbonyl (C=O) groups excluding carboxylic acids is 1. The van der Waals surface area contributed by atoms with Crippen LogP contribution in [0.25, 0.3) is 0 Å². The van der Waals surface area contributed by atoms with E-state index in [1.165, 1.54) is 19.3 Å². The molecular formula is C20H34N4O2. The lowest BCUT2D eigenvalue weighted by molar-refractivity contribution is -0.127. The maximum absolute atomic E-state index is 12.0. The monoisotopic (exact) mass is 362 g/mol. The number of aliphatic imine (C=N–C) groups is 1. The lowest BCUT2D eigenvalue weighted by Crippen LogP contribution is -2.50. The van der Waals surface area contributed by atoms with Crippen molar-refractivity contribution in [1.82, 2.24) is 15.1 Å². The van der Waals surface area contributed by atoms with Crippen LogP contribution < -0.4 is 5.32 Å². The fraction of sp³-hybridized carbons (Fsp3) is 0.700. The van der Waals surface area contributed by atoms with E-state index in [4.69, 9.17) is 4.42 Å². The third kappa shape index (κ3) is 6.07. The van der Waals surface area contributed by atoms with Crippen molar-refractivity contribution in [2.45, 2.75) is 46.0 Å². The van der Waals surface area contributed by atoms with Crippen molar-refractivity contribution in [2.24, 2.45) is 10.4 Å². The summed E-state index contributed by atoms with van der Waals surface area (Å²) in [4.78, 5) is 20.5. The Balaban J connectivity index is 2.03. The molecule has 1 saturated heterocycles. The van der Waals surface area contributed by atoms with E-state index in [1.54, 1.807) is 25.3 Å². The van der Waals surface area contributed by atoms with Gasteiger partial charge in [-0.2, -0.15) is 0 Å². The van der Waals surface area contributed by atoms with Crippen LogP contribution in [0.3, 0.4) is 0 Å². The molecule has 1 aromatic rings. The van der Waals surface area contributed by atoms with Gasteiger partial charge in [0.2, 0.25) is 5.91 Å². The van der Waals surface area contributed by atoms with Crippen molar-refractivity contribution in [2.75, 3.05) is 40.3 Å². The SMILES string of the molecule is CCCC1(C)CCCN(C(=NCC(=O)N(C)C)NCCc2ccco2)C1. The number of carbonyl (C=O) groups is 1. The molecule has 0 radical (unpaired) electrons. The van der Waals surface area contributed by atoms with E-state index in [9.17, 15) is 4.79 Å². The molecule has 0 bridgehead atoms. The summed E-state index contributed by atoms with van der Waals surface area (Å²) in [7, 11) is 3.53. The van der Waals surface area contributed by atoms with Gasteiger partial charge in [-0.05, 0) is 36.8 Å². The van der Waals surface area contributed by atoms with Crippen LogP contribution in [0, 0.1) is 5.41 Å². The van der Waals surface area contributed by atoms with Gasteiger partial charge in [-0.15, -0.1) is 0 Å². The molecule has 1 aliphatic heterocycles. The molecule has 1 atom stereocenters. The van der Waals surface area contributed by atoms with Crippen molar-refractivity contribution in [1.29, 1.82) is 0 Å². The summed E-state index contributed by atoms with van der Waals surface area (Å²) in [5, 5.41) is 3.45. The number of likely N-dealkylation sites (tertiary alicyclic amines) is 1. The molecule has 1 aliphatic rings. The maximum Gasteiger partial charge on any atom is 0.243 e. The Labute approximate surface area is 157 Å². The molecule has 1 amide bonds. The summed E-state index contributed by atoms with van der Waals surface area (Å²) in [6, 6.07) is 3.88. The predicted octanol–water partition coefficient (Wildman–Crippen LogP) is 2.76. The number of furan rings is 1. The second-order valence-electron chi connectivity index (χ2n) is 7.77. The van der Waals surface area contributed by atoms with Gasteiger partial charge in [-0.25, -0.2) is 4.99 Å². The van der Waals surface area contributed by atoms with E-state index in [0.717, 1.165) is 44.2 Å². The molecule has 1 fully saturated rings. The second kappa shape index (κ2) is 9.64. The maximum atomic E-state index is 12.0. The molecule has 2 heterocycles. The van der Waals surface area contributed by atoms with Gasteiger partial charge in [0.25, 0.3) is 0 Å². The average Bonchev–Trinajstić information content (AvgIpc) is 3.10. The van der Waals surface area contributed by atoms with Crippen molar-refractivity contribution < 1.29 is 9.21 Å². The molecule has 0 spiro atoms. The van der Waals surface area contributed by atoms with Crippen molar-refractivity contribution in [3.63, 3.8) is 0 Å². The van der Waals surface area contributed by atoms with E-state index < -0.39 is 0 Å². The summed E-state index contributed by atoms with van der Waals surface area (Å²) in [5.41, 5.74) is 0.321. The highest BCUT2D eigenvalue weighted by Crippen LogP contribution is 2.33. The predicted molar refractivity (Wildman–Crippen MR) is 105 cm³/mol. The van der Waals surface area contributed by atoms with E-state index in [2.05, 4.69) is 29.1 Å². The minimum Gasteiger partial charge on any atom is -0.469 e. The Morgan fingerprint density at radius 3 is 2.92 bits per heavy atom. The van der Waals surface area contributed by atoms with E-state index in [1.807, 2.05) is 12.1 Å². The van der Waals surface area contributed by atoms with Crippen LogP contribution in [0.5, 0.6) is 0 Å². The van der Waals surface area contributed by atoms with Crippen molar-refractivity contribution >= 4 is 11.9 Å². The van der Waals surface area contributed by atoms with Gasteiger partial charge in [-0.3, -0.25) is 4.79 Å². The highest BCUT2D eigenvalue weighted by molar-refractivity contribution is 5.85. The molecule has 26 heavy (non-hydrogen) atoms. The first kappa shape index (κ1) is 20.3. The van der Waals surface area contributed by atoms with Crippen LogP contribution in [-0.2, 0) is 11.2 Å². The number of likely N-dealkylation sites (N-methyl/N-ethyl adjacent to an activating group) is 1. The number of hydrogen-bond acceptors (Lipinski definition) is 3.